The maximum absolute atomic E-state index is 14.3. The number of thiazole rings is 1. The molecule has 1 aromatic heterocycles. The van der Waals surface area contributed by atoms with Crippen molar-refractivity contribution in [3.8, 4) is 11.3 Å². The van der Waals surface area contributed by atoms with E-state index in [1.807, 2.05) is 0 Å². The van der Waals surface area contributed by atoms with Crippen LogP contribution in [0, 0.1) is 11.6 Å². The van der Waals surface area contributed by atoms with Gasteiger partial charge in [-0.15, -0.1) is 11.3 Å². The molecule has 0 spiro atoms. The summed E-state index contributed by atoms with van der Waals surface area (Å²) in [5.41, 5.74) is 0.732. The Kier molecular flexibility index (Phi) is 5.62. The Morgan fingerprint density at radius 2 is 1.85 bits per heavy atom. The Morgan fingerprint density at radius 3 is 2.56 bits per heavy atom. The van der Waals surface area contributed by atoms with E-state index in [-0.39, 0.29) is 22.2 Å². The van der Waals surface area contributed by atoms with Crippen molar-refractivity contribution >= 4 is 49.9 Å². The predicted octanol–water partition coefficient (Wildman–Crippen LogP) is 5.06. The van der Waals surface area contributed by atoms with E-state index in [9.17, 15) is 18.4 Å². The van der Waals surface area contributed by atoms with E-state index in [0.717, 1.165) is 11.3 Å². The molecule has 138 valence electrons. The van der Waals surface area contributed by atoms with E-state index in [1.54, 1.807) is 11.4 Å². The third kappa shape index (κ3) is 4.55. The normalized spacial score (nSPS) is 10.5. The van der Waals surface area contributed by atoms with Gasteiger partial charge in [0.1, 0.15) is 11.6 Å². The lowest BCUT2D eigenvalue weighted by molar-refractivity contribution is -0.114. The monoisotopic (exact) mass is 451 g/mol. The predicted molar refractivity (Wildman–Crippen MR) is 104 cm³/mol. The smallest absolute Gasteiger partial charge is 0.260 e. The van der Waals surface area contributed by atoms with Crippen LogP contribution in [0.4, 0.5) is 19.6 Å². The fourth-order valence-electron chi connectivity index (χ4n) is 2.29. The van der Waals surface area contributed by atoms with Gasteiger partial charge in [-0.25, -0.2) is 13.8 Å². The van der Waals surface area contributed by atoms with Crippen LogP contribution in [0.15, 0.2) is 46.3 Å². The lowest BCUT2D eigenvalue weighted by atomic mass is 10.1. The standard InChI is InChI=1S/C18H12BrF2N3O2S/c1-9(25)22-11-3-4-12(15(21)7-11)16-8-27-18(23-16)24-17(26)13-6-10(19)2-5-14(13)20/h2-8H,1H3,(H,22,25)(H,23,24,26). The van der Waals surface area contributed by atoms with Crippen LogP contribution in [-0.4, -0.2) is 16.8 Å². The van der Waals surface area contributed by atoms with Crippen LogP contribution in [-0.2, 0) is 4.79 Å². The Hall–Kier alpha value is -2.65. The Balaban J connectivity index is 1.80. The Bertz CT molecular complexity index is 1040. The molecule has 2 N–H and O–H groups in total. The van der Waals surface area contributed by atoms with Gasteiger partial charge in [-0.05, 0) is 36.4 Å². The van der Waals surface area contributed by atoms with Crippen molar-refractivity contribution in [2.45, 2.75) is 6.92 Å². The molecule has 2 aromatic carbocycles. The van der Waals surface area contributed by atoms with Crippen molar-refractivity contribution in [2.75, 3.05) is 10.6 Å². The number of hydrogen-bond donors (Lipinski definition) is 2. The van der Waals surface area contributed by atoms with Crippen LogP contribution in [0.2, 0.25) is 0 Å². The summed E-state index contributed by atoms with van der Waals surface area (Å²) in [4.78, 5) is 27.4. The summed E-state index contributed by atoms with van der Waals surface area (Å²) in [7, 11) is 0. The number of nitrogens with one attached hydrogen (secondary N) is 2. The largest absolute Gasteiger partial charge is 0.326 e. The molecule has 0 unspecified atom stereocenters. The lowest BCUT2D eigenvalue weighted by Crippen LogP contribution is -2.13. The lowest BCUT2D eigenvalue weighted by Gasteiger charge is -2.05. The van der Waals surface area contributed by atoms with Crippen LogP contribution in [0.1, 0.15) is 17.3 Å². The third-order valence-corrected chi connectivity index (χ3v) is 4.71. The second kappa shape index (κ2) is 7.93. The van der Waals surface area contributed by atoms with Gasteiger partial charge >= 0.3 is 0 Å². The molecule has 0 aliphatic carbocycles. The maximum Gasteiger partial charge on any atom is 0.260 e. The highest BCUT2D eigenvalue weighted by Gasteiger charge is 2.16. The molecule has 0 aliphatic rings. The Labute approximate surface area is 165 Å². The third-order valence-electron chi connectivity index (χ3n) is 3.46. The van der Waals surface area contributed by atoms with Crippen LogP contribution < -0.4 is 10.6 Å². The number of anilines is 2. The van der Waals surface area contributed by atoms with Gasteiger partial charge in [0.2, 0.25) is 5.91 Å². The molecule has 9 heteroatoms. The molecule has 0 saturated heterocycles. The van der Waals surface area contributed by atoms with Gasteiger partial charge in [0.15, 0.2) is 5.13 Å². The number of amides is 2. The quantitative estimate of drug-likeness (QED) is 0.582. The molecule has 0 aliphatic heterocycles. The highest BCUT2D eigenvalue weighted by molar-refractivity contribution is 9.10. The first kappa shape index (κ1) is 19.1. The molecule has 5 nitrogen and oxygen atoms in total. The number of rotatable bonds is 4. The van der Waals surface area contributed by atoms with Gasteiger partial charge < -0.3 is 5.32 Å². The van der Waals surface area contributed by atoms with E-state index < -0.39 is 17.5 Å². The minimum atomic E-state index is -0.660. The number of carbonyl (C=O) groups excluding carboxylic acids is 2. The van der Waals surface area contributed by atoms with Gasteiger partial charge in [0.25, 0.3) is 5.91 Å². The van der Waals surface area contributed by atoms with Gasteiger partial charge in [0, 0.05) is 28.0 Å². The zero-order chi connectivity index (χ0) is 19.6. The molecule has 3 rings (SSSR count). The molecule has 0 bridgehead atoms. The minimum absolute atomic E-state index is 0.132. The van der Waals surface area contributed by atoms with Crippen LogP contribution in [0.3, 0.4) is 0 Å². The first-order valence-electron chi connectivity index (χ1n) is 7.63. The molecule has 0 saturated carbocycles. The minimum Gasteiger partial charge on any atom is -0.326 e. The highest BCUT2D eigenvalue weighted by atomic mass is 79.9. The summed E-state index contributed by atoms with van der Waals surface area (Å²) in [6.45, 7) is 1.33. The molecule has 27 heavy (non-hydrogen) atoms. The number of carbonyl (C=O) groups is 2. The van der Waals surface area contributed by atoms with Gasteiger partial charge in [-0.2, -0.15) is 0 Å². The number of aromatic nitrogens is 1. The van der Waals surface area contributed by atoms with Crippen LogP contribution in [0.5, 0.6) is 0 Å². The zero-order valence-corrected chi connectivity index (χ0v) is 16.2. The van der Waals surface area contributed by atoms with Crippen LogP contribution >= 0.6 is 27.3 Å². The van der Waals surface area contributed by atoms with Crippen molar-refractivity contribution < 1.29 is 18.4 Å². The summed E-state index contributed by atoms with van der Waals surface area (Å²) < 4.78 is 28.7. The Morgan fingerprint density at radius 1 is 1.07 bits per heavy atom. The molecule has 0 fully saturated rings. The second-order valence-electron chi connectivity index (χ2n) is 5.49. The average Bonchev–Trinajstić information content (AvgIpc) is 3.04. The zero-order valence-electron chi connectivity index (χ0n) is 13.8. The van der Waals surface area contributed by atoms with E-state index in [1.165, 1.54) is 37.3 Å². The average molecular weight is 452 g/mol. The molecule has 3 aromatic rings. The molecular formula is C18H12BrF2N3O2S. The second-order valence-corrected chi connectivity index (χ2v) is 7.27. The topological polar surface area (TPSA) is 71.1 Å². The highest BCUT2D eigenvalue weighted by Crippen LogP contribution is 2.29. The van der Waals surface area contributed by atoms with E-state index in [0.29, 0.717) is 15.9 Å². The van der Waals surface area contributed by atoms with Gasteiger partial charge in [0.05, 0.1) is 11.3 Å². The van der Waals surface area contributed by atoms with Crippen molar-refractivity contribution in [2.24, 2.45) is 0 Å². The summed E-state index contributed by atoms with van der Waals surface area (Å²) in [5.74, 6) is -2.19. The molecule has 0 radical (unpaired) electrons. The van der Waals surface area contributed by atoms with Crippen molar-refractivity contribution in [3.05, 3.63) is 63.4 Å². The first-order chi connectivity index (χ1) is 12.8. The van der Waals surface area contributed by atoms with Crippen LogP contribution in [0.25, 0.3) is 11.3 Å². The van der Waals surface area contributed by atoms with E-state index in [2.05, 4.69) is 31.5 Å². The first-order valence-corrected chi connectivity index (χ1v) is 9.30. The van der Waals surface area contributed by atoms with Crippen molar-refractivity contribution in [3.63, 3.8) is 0 Å². The van der Waals surface area contributed by atoms with Crippen molar-refractivity contribution in [1.82, 2.24) is 4.98 Å². The summed E-state index contributed by atoms with van der Waals surface area (Å²) >= 11 is 4.27. The fraction of sp³-hybridized carbons (Fsp3) is 0.0556. The summed E-state index contributed by atoms with van der Waals surface area (Å²) in [5, 5.41) is 6.77. The summed E-state index contributed by atoms with van der Waals surface area (Å²) in [6, 6.07) is 8.24. The number of halogens is 3. The number of hydrogen-bond acceptors (Lipinski definition) is 4. The van der Waals surface area contributed by atoms with Crippen molar-refractivity contribution in [1.29, 1.82) is 0 Å². The van der Waals surface area contributed by atoms with Gasteiger partial charge in [-0.3, -0.25) is 14.9 Å². The fourth-order valence-corrected chi connectivity index (χ4v) is 3.36. The molecule has 0 atom stereocenters. The number of nitrogens with zero attached hydrogens (tertiary/aromatic N) is 1. The maximum atomic E-state index is 14.3. The van der Waals surface area contributed by atoms with E-state index >= 15 is 0 Å². The molecule has 2 amide bonds. The molecule has 1 heterocycles. The van der Waals surface area contributed by atoms with E-state index in [4.69, 9.17) is 0 Å². The SMILES string of the molecule is CC(=O)Nc1ccc(-c2csc(NC(=O)c3cc(Br)ccc3F)n2)c(F)c1. The molecular weight excluding hydrogens is 440 g/mol. The summed E-state index contributed by atoms with van der Waals surface area (Å²) in [6.07, 6.45) is 0. The number of benzene rings is 2. The van der Waals surface area contributed by atoms with Gasteiger partial charge in [-0.1, -0.05) is 15.9 Å².